The Bertz CT molecular complexity index is 615. The number of rotatable bonds is 3. The van der Waals surface area contributed by atoms with Crippen LogP contribution < -0.4 is 5.69 Å². The molecule has 0 aliphatic carbocycles. The van der Waals surface area contributed by atoms with Crippen molar-refractivity contribution in [3.63, 3.8) is 0 Å². The molecule has 0 N–H and O–H groups in total. The van der Waals surface area contributed by atoms with Crippen molar-refractivity contribution in [3.8, 4) is 0 Å². The summed E-state index contributed by atoms with van der Waals surface area (Å²) in [6.07, 6.45) is 4.43. The van der Waals surface area contributed by atoms with Gasteiger partial charge in [0.1, 0.15) is 0 Å². The van der Waals surface area contributed by atoms with Crippen LogP contribution in [0.5, 0.6) is 0 Å². The summed E-state index contributed by atoms with van der Waals surface area (Å²) in [5.41, 5.74) is 0.0498. The number of hydrogen-bond acceptors (Lipinski definition) is 3. The van der Waals surface area contributed by atoms with E-state index in [0.29, 0.717) is 10.7 Å². The largest absolute Gasteiger partial charge is 0.348 e. The summed E-state index contributed by atoms with van der Waals surface area (Å²) in [5.74, 6) is -0.163. The molecule has 17 heavy (non-hydrogen) atoms. The van der Waals surface area contributed by atoms with Crippen LogP contribution in [-0.4, -0.2) is 19.9 Å². The highest BCUT2D eigenvalue weighted by molar-refractivity contribution is 6.30. The number of aryl methyl sites for hydroxylation is 1. The van der Waals surface area contributed by atoms with Crippen LogP contribution in [0.25, 0.3) is 0 Å². The van der Waals surface area contributed by atoms with Crippen molar-refractivity contribution in [2.45, 2.75) is 6.54 Å². The zero-order valence-electron chi connectivity index (χ0n) is 9.13. The van der Waals surface area contributed by atoms with Crippen molar-refractivity contribution >= 4 is 17.4 Å². The molecular weight excluding hydrogens is 242 g/mol. The number of Topliss-reactive ketones (excluding diaryl/α,β-unsaturated/α-hetero) is 1. The van der Waals surface area contributed by atoms with Crippen LogP contribution in [0.4, 0.5) is 0 Å². The summed E-state index contributed by atoms with van der Waals surface area (Å²) in [6.45, 7) is -0.0652. The van der Waals surface area contributed by atoms with Gasteiger partial charge in [-0.1, -0.05) is 11.6 Å². The van der Waals surface area contributed by atoms with Crippen molar-refractivity contribution in [1.82, 2.24) is 14.1 Å². The lowest BCUT2D eigenvalue weighted by molar-refractivity contribution is 0.0962. The monoisotopic (exact) mass is 251 g/mol. The number of carbonyl (C=O) groups excluding carboxylic acids is 1. The molecule has 0 radical (unpaired) electrons. The van der Waals surface area contributed by atoms with E-state index in [0.717, 1.165) is 0 Å². The summed E-state index contributed by atoms with van der Waals surface area (Å²) in [6, 6.07) is 3.47. The fraction of sp³-hybridized carbons (Fsp3) is 0.182. The predicted octanol–water partition coefficient (Wildman–Crippen LogP) is 1.12. The normalized spacial score (nSPS) is 10.5. The first-order chi connectivity index (χ1) is 8.08. The fourth-order valence-electron chi connectivity index (χ4n) is 1.53. The first-order valence-electron chi connectivity index (χ1n) is 4.94. The van der Waals surface area contributed by atoms with Crippen molar-refractivity contribution < 1.29 is 4.79 Å². The van der Waals surface area contributed by atoms with Gasteiger partial charge < -0.3 is 4.57 Å². The van der Waals surface area contributed by atoms with E-state index in [1.807, 2.05) is 0 Å². The van der Waals surface area contributed by atoms with Crippen molar-refractivity contribution in [1.29, 1.82) is 0 Å². The highest BCUT2D eigenvalue weighted by Gasteiger charge is 2.11. The molecule has 0 saturated carbocycles. The van der Waals surface area contributed by atoms with Crippen LogP contribution in [-0.2, 0) is 13.6 Å². The maximum atomic E-state index is 11.9. The lowest BCUT2D eigenvalue weighted by Gasteiger charge is -2.05. The van der Waals surface area contributed by atoms with Crippen LogP contribution in [0.1, 0.15) is 10.5 Å². The fourth-order valence-corrected chi connectivity index (χ4v) is 1.69. The number of halogens is 1. The highest BCUT2D eigenvalue weighted by atomic mass is 35.5. The van der Waals surface area contributed by atoms with Crippen LogP contribution in [0.2, 0.25) is 5.02 Å². The minimum atomic E-state index is -0.489. The number of nitrogens with zero attached hydrogens (tertiary/aromatic N) is 3. The standard InChI is InChI=1S/C11H10ClN3O2/c1-14-4-2-3-9(14)10(16)7-15-6-8(12)5-13-11(15)17/h2-6H,7H2,1H3. The number of hydrogen-bond donors (Lipinski definition) is 0. The Morgan fingerprint density at radius 3 is 2.94 bits per heavy atom. The maximum Gasteiger partial charge on any atom is 0.348 e. The molecule has 0 amide bonds. The Hall–Kier alpha value is -1.88. The van der Waals surface area contributed by atoms with Crippen LogP contribution in [0.15, 0.2) is 35.5 Å². The van der Waals surface area contributed by atoms with E-state index in [1.54, 1.807) is 29.9 Å². The second kappa shape index (κ2) is 4.55. The molecule has 0 atom stereocenters. The molecule has 88 valence electrons. The van der Waals surface area contributed by atoms with E-state index in [-0.39, 0.29) is 12.3 Å². The second-order valence-corrected chi connectivity index (χ2v) is 4.05. The zero-order chi connectivity index (χ0) is 12.4. The van der Waals surface area contributed by atoms with Gasteiger partial charge in [-0.25, -0.2) is 9.78 Å². The maximum absolute atomic E-state index is 11.9. The molecule has 6 heteroatoms. The van der Waals surface area contributed by atoms with E-state index >= 15 is 0 Å². The molecule has 0 aliphatic rings. The first-order valence-corrected chi connectivity index (χ1v) is 5.32. The van der Waals surface area contributed by atoms with E-state index < -0.39 is 5.69 Å². The predicted molar refractivity (Wildman–Crippen MR) is 63.3 cm³/mol. The van der Waals surface area contributed by atoms with Gasteiger partial charge in [0.2, 0.25) is 0 Å². The molecule has 0 saturated heterocycles. The average Bonchev–Trinajstić information content (AvgIpc) is 2.70. The molecule has 2 aromatic heterocycles. The summed E-state index contributed by atoms with van der Waals surface area (Å²) < 4.78 is 2.89. The smallest absolute Gasteiger partial charge is 0.348 e. The van der Waals surface area contributed by atoms with Crippen molar-refractivity contribution in [2.75, 3.05) is 0 Å². The molecule has 2 heterocycles. The third-order valence-corrected chi connectivity index (χ3v) is 2.56. The van der Waals surface area contributed by atoms with Gasteiger partial charge in [0.15, 0.2) is 5.78 Å². The number of carbonyl (C=O) groups is 1. The molecule has 0 unspecified atom stereocenters. The number of ketones is 1. The Morgan fingerprint density at radius 2 is 2.29 bits per heavy atom. The Morgan fingerprint density at radius 1 is 1.53 bits per heavy atom. The Balaban J connectivity index is 2.28. The van der Waals surface area contributed by atoms with E-state index in [4.69, 9.17) is 11.6 Å². The number of aromatic nitrogens is 3. The van der Waals surface area contributed by atoms with Gasteiger partial charge in [0.05, 0.1) is 23.5 Å². The zero-order valence-corrected chi connectivity index (χ0v) is 9.89. The lowest BCUT2D eigenvalue weighted by Crippen LogP contribution is -2.26. The van der Waals surface area contributed by atoms with Crippen molar-refractivity contribution in [2.24, 2.45) is 7.05 Å². The van der Waals surface area contributed by atoms with Crippen LogP contribution in [0.3, 0.4) is 0 Å². The Labute approximate surface area is 102 Å². The third kappa shape index (κ3) is 2.45. The van der Waals surface area contributed by atoms with Crippen molar-refractivity contribution in [3.05, 3.63) is 51.9 Å². The van der Waals surface area contributed by atoms with Crippen LogP contribution in [0, 0.1) is 0 Å². The van der Waals surface area contributed by atoms with Gasteiger partial charge >= 0.3 is 5.69 Å². The molecule has 5 nitrogen and oxygen atoms in total. The molecule has 0 spiro atoms. The molecular formula is C11H10ClN3O2. The van der Waals surface area contributed by atoms with E-state index in [2.05, 4.69) is 4.98 Å². The van der Waals surface area contributed by atoms with Gasteiger partial charge in [-0.2, -0.15) is 0 Å². The summed E-state index contributed by atoms with van der Waals surface area (Å²) in [5, 5.41) is 0.323. The molecule has 0 fully saturated rings. The third-order valence-electron chi connectivity index (χ3n) is 2.37. The van der Waals surface area contributed by atoms with Gasteiger partial charge in [0, 0.05) is 19.4 Å². The minimum absolute atomic E-state index is 0.0652. The van der Waals surface area contributed by atoms with Gasteiger partial charge in [-0.3, -0.25) is 9.36 Å². The Kier molecular flexibility index (Phi) is 3.10. The molecule has 2 rings (SSSR count). The lowest BCUT2D eigenvalue weighted by atomic mass is 10.3. The van der Waals surface area contributed by atoms with Crippen LogP contribution >= 0.6 is 11.6 Å². The van der Waals surface area contributed by atoms with Gasteiger partial charge in [0.25, 0.3) is 0 Å². The molecule has 0 bridgehead atoms. The molecule has 0 aromatic carbocycles. The quantitative estimate of drug-likeness (QED) is 0.768. The summed E-state index contributed by atoms with van der Waals surface area (Å²) in [4.78, 5) is 26.9. The molecule has 0 aliphatic heterocycles. The SMILES string of the molecule is Cn1cccc1C(=O)Cn1cc(Cl)cnc1=O. The van der Waals surface area contributed by atoms with E-state index in [1.165, 1.54) is 17.0 Å². The molecule has 2 aromatic rings. The van der Waals surface area contributed by atoms with Gasteiger partial charge in [-0.05, 0) is 12.1 Å². The minimum Gasteiger partial charge on any atom is -0.348 e. The van der Waals surface area contributed by atoms with Gasteiger partial charge in [-0.15, -0.1) is 0 Å². The first kappa shape index (κ1) is 11.6. The second-order valence-electron chi connectivity index (χ2n) is 3.61. The summed E-state index contributed by atoms with van der Waals surface area (Å²) >= 11 is 5.72. The summed E-state index contributed by atoms with van der Waals surface area (Å²) in [7, 11) is 1.77. The average molecular weight is 252 g/mol. The van der Waals surface area contributed by atoms with E-state index in [9.17, 15) is 9.59 Å². The highest BCUT2D eigenvalue weighted by Crippen LogP contribution is 2.05. The topological polar surface area (TPSA) is 56.9 Å².